The highest BCUT2D eigenvalue weighted by Gasteiger charge is 2.28. The molecule has 0 atom stereocenters. The normalized spacial score (nSPS) is 12.5. The summed E-state index contributed by atoms with van der Waals surface area (Å²) in [7, 11) is 3.11. The van der Waals surface area contributed by atoms with Crippen molar-refractivity contribution in [2.24, 2.45) is 10.9 Å². The second-order valence-corrected chi connectivity index (χ2v) is 5.67. The monoisotopic (exact) mass is 438 g/mol. The van der Waals surface area contributed by atoms with Crippen LogP contribution in [0.1, 0.15) is 33.1 Å². The second kappa shape index (κ2) is 13.2. The summed E-state index contributed by atoms with van der Waals surface area (Å²) < 4.78 is 36.5. The highest BCUT2D eigenvalue weighted by Crippen LogP contribution is 2.14. The van der Waals surface area contributed by atoms with Crippen molar-refractivity contribution < 1.29 is 13.2 Å². The van der Waals surface area contributed by atoms with Crippen LogP contribution < -0.4 is 10.6 Å². The lowest BCUT2D eigenvalue weighted by molar-refractivity contribution is -0.142. The molecule has 4 nitrogen and oxygen atoms in total. The van der Waals surface area contributed by atoms with Gasteiger partial charge in [0.05, 0.1) is 6.54 Å². The molecular formula is C14H30F3IN4. The largest absolute Gasteiger partial charge is 0.401 e. The second-order valence-electron chi connectivity index (χ2n) is 5.67. The van der Waals surface area contributed by atoms with E-state index < -0.39 is 12.7 Å². The Morgan fingerprint density at radius 3 is 2.23 bits per heavy atom. The zero-order valence-electron chi connectivity index (χ0n) is 14.0. The lowest BCUT2D eigenvalue weighted by Gasteiger charge is -2.19. The molecule has 0 bridgehead atoms. The van der Waals surface area contributed by atoms with Gasteiger partial charge >= 0.3 is 6.18 Å². The minimum absolute atomic E-state index is 0. The number of unbranched alkanes of at least 4 members (excludes halogenated alkanes) is 1. The number of halogens is 4. The number of hydrogen-bond donors (Lipinski definition) is 2. The van der Waals surface area contributed by atoms with Gasteiger partial charge in [-0.2, -0.15) is 13.2 Å². The van der Waals surface area contributed by atoms with Gasteiger partial charge in [0, 0.05) is 26.7 Å². The van der Waals surface area contributed by atoms with Crippen LogP contribution in [-0.4, -0.2) is 57.3 Å². The number of guanidine groups is 1. The number of alkyl halides is 3. The van der Waals surface area contributed by atoms with Crippen LogP contribution in [0.2, 0.25) is 0 Å². The molecule has 0 fully saturated rings. The average molecular weight is 438 g/mol. The van der Waals surface area contributed by atoms with Gasteiger partial charge in [-0.1, -0.05) is 26.7 Å². The van der Waals surface area contributed by atoms with Crippen molar-refractivity contribution >= 4 is 29.9 Å². The third kappa shape index (κ3) is 16.1. The van der Waals surface area contributed by atoms with Crippen molar-refractivity contribution in [3.05, 3.63) is 0 Å². The molecule has 0 radical (unpaired) electrons. The SMILES string of the molecule is CN=C(NCCCCC(C)C)NCCN(C)CC(F)(F)F.I. The Balaban J connectivity index is 0. The van der Waals surface area contributed by atoms with Gasteiger partial charge in [-0.3, -0.25) is 9.89 Å². The highest BCUT2D eigenvalue weighted by atomic mass is 127. The Morgan fingerprint density at radius 2 is 1.73 bits per heavy atom. The van der Waals surface area contributed by atoms with E-state index in [-0.39, 0.29) is 24.0 Å². The van der Waals surface area contributed by atoms with Crippen LogP contribution in [0, 0.1) is 5.92 Å². The molecule has 0 aromatic carbocycles. The molecule has 0 aliphatic carbocycles. The Labute approximate surface area is 149 Å². The predicted octanol–water partition coefficient (Wildman–Crippen LogP) is 3.09. The minimum Gasteiger partial charge on any atom is -0.356 e. The molecule has 0 aliphatic rings. The molecule has 0 spiro atoms. The van der Waals surface area contributed by atoms with E-state index >= 15 is 0 Å². The molecule has 0 saturated carbocycles. The summed E-state index contributed by atoms with van der Waals surface area (Å²) in [5.74, 6) is 1.35. The van der Waals surface area contributed by atoms with Gasteiger partial charge in [0.2, 0.25) is 0 Å². The summed E-state index contributed by atoms with van der Waals surface area (Å²) >= 11 is 0. The van der Waals surface area contributed by atoms with Crippen LogP contribution in [0.4, 0.5) is 13.2 Å². The van der Waals surface area contributed by atoms with Crippen molar-refractivity contribution in [1.29, 1.82) is 0 Å². The third-order valence-corrected chi connectivity index (χ3v) is 2.96. The molecular weight excluding hydrogens is 408 g/mol. The molecule has 0 aromatic heterocycles. The first kappa shape index (κ1) is 24.0. The quantitative estimate of drug-likeness (QED) is 0.252. The first-order valence-electron chi connectivity index (χ1n) is 7.44. The van der Waals surface area contributed by atoms with Gasteiger partial charge in [0.25, 0.3) is 0 Å². The van der Waals surface area contributed by atoms with Gasteiger partial charge in [0.1, 0.15) is 0 Å². The molecule has 134 valence electrons. The van der Waals surface area contributed by atoms with E-state index in [1.165, 1.54) is 18.4 Å². The highest BCUT2D eigenvalue weighted by molar-refractivity contribution is 14.0. The van der Waals surface area contributed by atoms with Crippen molar-refractivity contribution in [1.82, 2.24) is 15.5 Å². The first-order chi connectivity index (χ1) is 9.74. The number of rotatable bonds is 9. The lowest BCUT2D eigenvalue weighted by atomic mass is 10.1. The third-order valence-electron chi connectivity index (χ3n) is 2.96. The van der Waals surface area contributed by atoms with E-state index in [1.807, 2.05) is 0 Å². The van der Waals surface area contributed by atoms with Crippen LogP contribution >= 0.6 is 24.0 Å². The number of nitrogens with one attached hydrogen (secondary N) is 2. The maximum absolute atomic E-state index is 12.2. The fraction of sp³-hybridized carbons (Fsp3) is 0.929. The van der Waals surface area contributed by atoms with Crippen LogP contribution in [0.25, 0.3) is 0 Å². The molecule has 2 N–H and O–H groups in total. The zero-order valence-corrected chi connectivity index (χ0v) is 16.3. The standard InChI is InChI=1S/C14H29F3N4.HI/c1-12(2)7-5-6-8-19-13(18-3)20-9-10-21(4)11-14(15,16)17;/h12H,5-11H2,1-4H3,(H2,18,19,20);1H. The van der Waals surface area contributed by atoms with Crippen LogP contribution in [0.5, 0.6) is 0 Å². The summed E-state index contributed by atoms with van der Waals surface area (Å²) in [5, 5.41) is 6.18. The summed E-state index contributed by atoms with van der Waals surface area (Å²) in [6.45, 7) is 5.07. The van der Waals surface area contributed by atoms with Crippen molar-refractivity contribution in [3.8, 4) is 0 Å². The topological polar surface area (TPSA) is 39.7 Å². The summed E-state index contributed by atoms with van der Waals surface area (Å²) in [5.41, 5.74) is 0. The van der Waals surface area contributed by atoms with Crippen molar-refractivity contribution in [2.45, 2.75) is 39.3 Å². The zero-order chi connectivity index (χ0) is 16.3. The fourth-order valence-corrected chi connectivity index (χ4v) is 1.86. The molecule has 0 saturated heterocycles. The Kier molecular flexibility index (Phi) is 14.4. The molecule has 0 aromatic rings. The van der Waals surface area contributed by atoms with E-state index in [9.17, 15) is 13.2 Å². The predicted molar refractivity (Wildman–Crippen MR) is 97.0 cm³/mol. The van der Waals surface area contributed by atoms with Gasteiger partial charge < -0.3 is 10.6 Å². The van der Waals surface area contributed by atoms with Gasteiger partial charge in [-0.05, 0) is 19.4 Å². The molecule has 0 heterocycles. The van der Waals surface area contributed by atoms with Gasteiger partial charge in [-0.15, -0.1) is 24.0 Å². The Hall–Kier alpha value is -0.250. The minimum atomic E-state index is -4.15. The summed E-state index contributed by atoms with van der Waals surface area (Å²) in [6.07, 6.45) is -0.718. The number of aliphatic imine (C=N–C) groups is 1. The van der Waals surface area contributed by atoms with E-state index in [0.717, 1.165) is 19.4 Å². The van der Waals surface area contributed by atoms with E-state index in [4.69, 9.17) is 0 Å². The van der Waals surface area contributed by atoms with Gasteiger partial charge in [0.15, 0.2) is 5.96 Å². The Morgan fingerprint density at radius 1 is 1.14 bits per heavy atom. The lowest BCUT2D eigenvalue weighted by Crippen LogP contribution is -2.42. The van der Waals surface area contributed by atoms with Crippen LogP contribution in [-0.2, 0) is 0 Å². The molecule has 0 aliphatic heterocycles. The van der Waals surface area contributed by atoms with Gasteiger partial charge in [-0.25, -0.2) is 0 Å². The molecule has 0 unspecified atom stereocenters. The maximum Gasteiger partial charge on any atom is 0.401 e. The maximum atomic E-state index is 12.2. The summed E-state index contributed by atoms with van der Waals surface area (Å²) in [4.78, 5) is 5.28. The number of nitrogens with zero attached hydrogens (tertiary/aromatic N) is 2. The van der Waals surface area contributed by atoms with Crippen molar-refractivity contribution in [3.63, 3.8) is 0 Å². The molecule has 0 rings (SSSR count). The average Bonchev–Trinajstić information content (AvgIpc) is 2.33. The number of hydrogen-bond acceptors (Lipinski definition) is 2. The number of likely N-dealkylation sites (N-methyl/N-ethyl adjacent to an activating group) is 1. The summed E-state index contributed by atoms with van der Waals surface area (Å²) in [6, 6.07) is 0. The molecule has 22 heavy (non-hydrogen) atoms. The van der Waals surface area contributed by atoms with E-state index in [2.05, 4.69) is 29.5 Å². The first-order valence-corrected chi connectivity index (χ1v) is 7.44. The van der Waals surface area contributed by atoms with E-state index in [1.54, 1.807) is 7.05 Å². The molecule has 8 heteroatoms. The van der Waals surface area contributed by atoms with Crippen molar-refractivity contribution in [2.75, 3.05) is 40.3 Å². The smallest absolute Gasteiger partial charge is 0.356 e. The van der Waals surface area contributed by atoms with Crippen LogP contribution in [0.3, 0.4) is 0 Å². The van der Waals surface area contributed by atoms with Crippen LogP contribution in [0.15, 0.2) is 4.99 Å². The Bertz CT molecular complexity index is 296. The van der Waals surface area contributed by atoms with E-state index in [0.29, 0.717) is 25.0 Å². The fourth-order valence-electron chi connectivity index (χ4n) is 1.86. The molecule has 0 amide bonds.